The maximum atomic E-state index is 13.9. The summed E-state index contributed by atoms with van der Waals surface area (Å²) in [5, 5.41) is 0. The lowest BCUT2D eigenvalue weighted by atomic mass is 10.3. The van der Waals surface area contributed by atoms with Crippen LogP contribution in [0.15, 0.2) is 52.8 Å². The molecule has 130 valence electrons. The van der Waals surface area contributed by atoms with E-state index in [1.54, 1.807) is 0 Å². The Morgan fingerprint density at radius 1 is 1.00 bits per heavy atom. The zero-order chi connectivity index (χ0) is 18.3. The van der Waals surface area contributed by atoms with E-state index < -0.39 is 23.0 Å². The first-order valence-corrected chi connectivity index (χ1v) is 8.16. The van der Waals surface area contributed by atoms with E-state index in [9.17, 15) is 18.0 Å². The summed E-state index contributed by atoms with van der Waals surface area (Å²) >= 11 is 1.11. The minimum atomic E-state index is -0.950. The molecule has 9 heteroatoms. The lowest BCUT2D eigenvalue weighted by molar-refractivity contribution is 0.397. The van der Waals surface area contributed by atoms with Gasteiger partial charge in [-0.1, -0.05) is 0 Å². The average molecular weight is 375 g/mol. The van der Waals surface area contributed by atoms with Gasteiger partial charge in [0.1, 0.15) is 11.6 Å². The highest BCUT2D eigenvalue weighted by Gasteiger charge is 2.18. The molecule has 0 atom stereocenters. The van der Waals surface area contributed by atoms with E-state index in [0.29, 0.717) is 10.9 Å². The van der Waals surface area contributed by atoms with Crippen molar-refractivity contribution in [2.45, 2.75) is 0 Å². The van der Waals surface area contributed by atoms with Gasteiger partial charge in [-0.05, 0) is 36.4 Å². The molecule has 0 fully saturated rings. The Morgan fingerprint density at radius 2 is 1.73 bits per heavy atom. The third-order valence-electron chi connectivity index (χ3n) is 3.52. The molecule has 5 nitrogen and oxygen atoms in total. The summed E-state index contributed by atoms with van der Waals surface area (Å²) in [4.78, 5) is 21.2. The molecule has 0 amide bonds. The van der Waals surface area contributed by atoms with Gasteiger partial charge in [0.15, 0.2) is 21.9 Å². The fourth-order valence-electron chi connectivity index (χ4n) is 2.34. The van der Waals surface area contributed by atoms with E-state index in [2.05, 4.69) is 9.97 Å². The van der Waals surface area contributed by atoms with E-state index in [1.165, 1.54) is 17.6 Å². The minimum absolute atomic E-state index is 0.103. The number of thiazole rings is 1. The summed E-state index contributed by atoms with van der Waals surface area (Å²) in [6.07, 6.45) is 0. The topological polar surface area (TPSA) is 57.0 Å². The first kappa shape index (κ1) is 16.3. The Labute approximate surface area is 148 Å². The number of ether oxygens (including phenoxy) is 1. The van der Waals surface area contributed by atoms with Crippen molar-refractivity contribution in [1.29, 1.82) is 0 Å². The summed E-state index contributed by atoms with van der Waals surface area (Å²) in [5.74, 6) is -2.51. The Morgan fingerprint density at radius 3 is 2.46 bits per heavy atom. The molecule has 0 saturated carbocycles. The second-order valence-electron chi connectivity index (χ2n) is 5.19. The smallest absolute Gasteiger partial charge is 0.311 e. The third kappa shape index (κ3) is 2.82. The number of benzene rings is 2. The molecular formula is C17H8F3N3O2S. The van der Waals surface area contributed by atoms with Crippen molar-refractivity contribution in [3.8, 4) is 17.4 Å². The zero-order valence-electron chi connectivity index (χ0n) is 12.8. The Balaban J connectivity index is 1.93. The molecule has 2 aromatic heterocycles. The molecule has 0 radical (unpaired) electrons. The van der Waals surface area contributed by atoms with Crippen LogP contribution in [0.4, 0.5) is 13.2 Å². The Hall–Kier alpha value is -3.20. The van der Waals surface area contributed by atoms with Gasteiger partial charge in [-0.25, -0.2) is 22.7 Å². The highest BCUT2D eigenvalue weighted by molar-refractivity contribution is 7.16. The molecule has 0 aliphatic carbocycles. The van der Waals surface area contributed by atoms with Gasteiger partial charge in [0.25, 0.3) is 5.56 Å². The molecule has 0 aliphatic rings. The lowest BCUT2D eigenvalue weighted by Crippen LogP contribution is -2.21. The van der Waals surface area contributed by atoms with Gasteiger partial charge in [-0.2, -0.15) is 4.98 Å². The van der Waals surface area contributed by atoms with E-state index in [0.717, 1.165) is 40.2 Å². The van der Waals surface area contributed by atoms with E-state index >= 15 is 0 Å². The van der Waals surface area contributed by atoms with Crippen LogP contribution in [0.25, 0.3) is 16.0 Å². The fourth-order valence-corrected chi connectivity index (χ4v) is 2.98. The first-order valence-electron chi connectivity index (χ1n) is 7.28. The maximum Gasteiger partial charge on any atom is 0.311 e. The highest BCUT2D eigenvalue weighted by atomic mass is 32.1. The molecular weight excluding hydrogens is 367 g/mol. The fraction of sp³-hybridized carbons (Fsp3) is 0. The van der Waals surface area contributed by atoms with Gasteiger partial charge >= 0.3 is 6.01 Å². The SMILES string of the molecule is O=c1c2ncsc2nc(Oc2ccc(F)cc2F)n1-c1ccc(F)cc1. The van der Waals surface area contributed by atoms with Gasteiger partial charge in [0.2, 0.25) is 0 Å². The number of rotatable bonds is 3. The number of nitrogens with zero attached hydrogens (tertiary/aromatic N) is 3. The summed E-state index contributed by atoms with van der Waals surface area (Å²) in [6, 6.07) is 7.54. The van der Waals surface area contributed by atoms with Crippen LogP contribution in [0.2, 0.25) is 0 Å². The van der Waals surface area contributed by atoms with Crippen molar-refractivity contribution in [2.24, 2.45) is 0 Å². The number of aromatic nitrogens is 3. The van der Waals surface area contributed by atoms with Crippen LogP contribution in [-0.4, -0.2) is 14.5 Å². The predicted octanol–water partition coefficient (Wildman–Crippen LogP) is 4.05. The van der Waals surface area contributed by atoms with Crippen LogP contribution in [-0.2, 0) is 0 Å². The summed E-state index contributed by atoms with van der Waals surface area (Å²) in [6.45, 7) is 0. The van der Waals surface area contributed by atoms with Crippen molar-refractivity contribution >= 4 is 21.7 Å². The minimum Gasteiger partial charge on any atom is -0.422 e. The molecule has 0 saturated heterocycles. The second-order valence-corrected chi connectivity index (χ2v) is 6.03. The molecule has 4 aromatic rings. The van der Waals surface area contributed by atoms with Gasteiger partial charge in [0.05, 0.1) is 11.2 Å². The Kier molecular flexibility index (Phi) is 3.92. The molecule has 4 rings (SSSR count). The summed E-state index contributed by atoms with van der Waals surface area (Å²) < 4.78 is 46.7. The van der Waals surface area contributed by atoms with E-state index in [4.69, 9.17) is 4.74 Å². The van der Waals surface area contributed by atoms with Crippen molar-refractivity contribution in [1.82, 2.24) is 14.5 Å². The number of halogens is 3. The van der Waals surface area contributed by atoms with Crippen LogP contribution in [0.3, 0.4) is 0 Å². The summed E-state index contributed by atoms with van der Waals surface area (Å²) in [5.41, 5.74) is 1.25. The van der Waals surface area contributed by atoms with E-state index in [1.807, 2.05) is 0 Å². The van der Waals surface area contributed by atoms with Crippen LogP contribution >= 0.6 is 11.3 Å². The molecule has 0 bridgehead atoms. The number of hydrogen-bond acceptors (Lipinski definition) is 5. The second kappa shape index (κ2) is 6.26. The molecule has 0 aliphatic heterocycles. The quantitative estimate of drug-likeness (QED) is 0.542. The number of fused-ring (bicyclic) bond motifs is 1. The lowest BCUT2D eigenvalue weighted by Gasteiger charge is -2.13. The van der Waals surface area contributed by atoms with Gasteiger partial charge in [-0.15, -0.1) is 11.3 Å². The van der Waals surface area contributed by atoms with Gasteiger partial charge in [-0.3, -0.25) is 4.79 Å². The van der Waals surface area contributed by atoms with Crippen LogP contribution < -0.4 is 10.3 Å². The van der Waals surface area contributed by atoms with E-state index in [-0.39, 0.29) is 23.0 Å². The predicted molar refractivity (Wildman–Crippen MR) is 89.4 cm³/mol. The zero-order valence-corrected chi connectivity index (χ0v) is 13.6. The van der Waals surface area contributed by atoms with Crippen molar-refractivity contribution in [2.75, 3.05) is 0 Å². The molecule has 2 aromatic carbocycles. The number of hydrogen-bond donors (Lipinski definition) is 0. The standard InChI is InChI=1S/C17H8F3N3O2S/c18-9-1-4-11(5-2-9)23-16(24)14-15(26-8-21-14)22-17(23)25-13-6-3-10(19)7-12(13)20/h1-8H. The van der Waals surface area contributed by atoms with Crippen LogP contribution in [0, 0.1) is 17.5 Å². The average Bonchev–Trinajstić information content (AvgIpc) is 3.08. The third-order valence-corrected chi connectivity index (χ3v) is 4.24. The molecule has 0 unspecified atom stereocenters. The molecule has 26 heavy (non-hydrogen) atoms. The summed E-state index contributed by atoms with van der Waals surface area (Å²) in [7, 11) is 0. The molecule has 2 heterocycles. The maximum absolute atomic E-state index is 13.9. The van der Waals surface area contributed by atoms with Crippen molar-refractivity contribution in [3.05, 3.63) is 75.8 Å². The van der Waals surface area contributed by atoms with Gasteiger partial charge in [0, 0.05) is 6.07 Å². The highest BCUT2D eigenvalue weighted by Crippen LogP contribution is 2.27. The first-order chi connectivity index (χ1) is 12.5. The molecule has 0 spiro atoms. The normalized spacial score (nSPS) is 11.0. The Bertz CT molecular complexity index is 1170. The van der Waals surface area contributed by atoms with Crippen molar-refractivity contribution < 1.29 is 17.9 Å². The largest absolute Gasteiger partial charge is 0.422 e. The monoisotopic (exact) mass is 375 g/mol. The van der Waals surface area contributed by atoms with Crippen LogP contribution in [0.5, 0.6) is 11.8 Å². The van der Waals surface area contributed by atoms with Crippen molar-refractivity contribution in [3.63, 3.8) is 0 Å². The van der Waals surface area contributed by atoms with Gasteiger partial charge < -0.3 is 4.74 Å². The van der Waals surface area contributed by atoms with Crippen LogP contribution in [0.1, 0.15) is 0 Å². The molecule has 0 N–H and O–H groups in total.